The van der Waals surface area contributed by atoms with Crippen LogP contribution in [0.5, 0.6) is 0 Å². The minimum atomic E-state index is -1.43. The number of ether oxygens (including phenoxy) is 1. The van der Waals surface area contributed by atoms with Gasteiger partial charge in [-0.1, -0.05) is 38.1 Å². The molecule has 0 saturated carbocycles. The Hall–Kier alpha value is -1.37. The van der Waals surface area contributed by atoms with Gasteiger partial charge in [0.25, 0.3) is 0 Å². The second kappa shape index (κ2) is 9.82. The van der Waals surface area contributed by atoms with Gasteiger partial charge in [0.2, 0.25) is 0 Å². The molecule has 1 atom stereocenters. The Morgan fingerprint density at radius 2 is 1.75 bits per heavy atom. The van der Waals surface area contributed by atoms with Crippen molar-refractivity contribution in [2.75, 3.05) is 26.2 Å². The van der Waals surface area contributed by atoms with Crippen LogP contribution in [0.3, 0.4) is 0 Å². The van der Waals surface area contributed by atoms with Crippen LogP contribution in [0.15, 0.2) is 24.3 Å². The first-order valence-electron chi connectivity index (χ1n) is 8.84. The number of benzene rings is 1. The summed E-state index contributed by atoms with van der Waals surface area (Å²) in [4.78, 5) is 11.8. The highest BCUT2D eigenvalue weighted by Gasteiger charge is 2.25. The second-order valence-electron chi connectivity index (χ2n) is 6.45. The first-order valence-corrected chi connectivity index (χ1v) is 8.84. The number of likely N-dealkylation sites (N-methyl/N-ethyl adjacent to an activating group) is 1. The smallest absolute Gasteiger partial charge is 0.459 e. The SMILES string of the molecule is CCC(C)C(=O)OCC[N+](CC)(CC)Cc1ccc(B(O)O)cc1. The number of quaternary nitrogens is 1. The van der Waals surface area contributed by atoms with Crippen molar-refractivity contribution in [1.29, 1.82) is 0 Å². The zero-order chi connectivity index (χ0) is 18.2. The van der Waals surface area contributed by atoms with E-state index < -0.39 is 7.12 Å². The molecule has 0 heterocycles. The van der Waals surface area contributed by atoms with Gasteiger partial charge in [0.05, 0.1) is 19.0 Å². The Morgan fingerprint density at radius 1 is 1.17 bits per heavy atom. The van der Waals surface area contributed by atoms with E-state index >= 15 is 0 Å². The highest BCUT2D eigenvalue weighted by molar-refractivity contribution is 6.58. The molecule has 0 spiro atoms. The van der Waals surface area contributed by atoms with Crippen LogP contribution in [0.1, 0.15) is 39.7 Å². The molecule has 1 aromatic rings. The van der Waals surface area contributed by atoms with Crippen LogP contribution in [0.2, 0.25) is 0 Å². The largest absolute Gasteiger partial charge is 0.488 e. The summed E-state index contributed by atoms with van der Waals surface area (Å²) in [5.41, 5.74) is 1.63. The van der Waals surface area contributed by atoms with Crippen molar-refractivity contribution in [2.24, 2.45) is 5.92 Å². The lowest BCUT2D eigenvalue weighted by Gasteiger charge is -2.37. The topological polar surface area (TPSA) is 66.8 Å². The molecule has 5 nitrogen and oxygen atoms in total. The van der Waals surface area contributed by atoms with Crippen molar-refractivity contribution in [3.05, 3.63) is 29.8 Å². The molecule has 2 N–H and O–H groups in total. The van der Waals surface area contributed by atoms with Crippen LogP contribution in [0.25, 0.3) is 0 Å². The number of carbonyl (C=O) groups is 1. The fourth-order valence-corrected chi connectivity index (χ4v) is 2.67. The molecule has 0 amide bonds. The van der Waals surface area contributed by atoms with Crippen LogP contribution >= 0.6 is 0 Å². The Kier molecular flexibility index (Phi) is 8.46. The Balaban J connectivity index is 2.68. The maximum absolute atomic E-state index is 11.8. The average Bonchev–Trinajstić information content (AvgIpc) is 2.60. The van der Waals surface area contributed by atoms with Gasteiger partial charge < -0.3 is 19.3 Å². The summed E-state index contributed by atoms with van der Waals surface area (Å²) in [5.74, 6) is -0.170. The van der Waals surface area contributed by atoms with E-state index in [0.717, 1.165) is 42.6 Å². The predicted molar refractivity (Wildman–Crippen MR) is 96.6 cm³/mol. The number of rotatable bonds is 10. The van der Waals surface area contributed by atoms with Gasteiger partial charge in [-0.15, -0.1) is 0 Å². The zero-order valence-corrected chi connectivity index (χ0v) is 15.4. The number of hydrogen-bond acceptors (Lipinski definition) is 4. The summed E-state index contributed by atoms with van der Waals surface area (Å²) < 4.78 is 6.25. The number of nitrogens with zero attached hydrogens (tertiary/aromatic N) is 1. The van der Waals surface area contributed by atoms with E-state index in [4.69, 9.17) is 4.74 Å². The Labute approximate surface area is 146 Å². The molecular formula is C18H31BNO4+. The van der Waals surface area contributed by atoms with Crippen LogP contribution < -0.4 is 5.46 Å². The monoisotopic (exact) mass is 336 g/mol. The molecule has 1 unspecified atom stereocenters. The third-order valence-electron chi connectivity index (χ3n) is 4.96. The van der Waals surface area contributed by atoms with Gasteiger partial charge >= 0.3 is 13.1 Å². The van der Waals surface area contributed by atoms with Crippen molar-refractivity contribution in [3.63, 3.8) is 0 Å². The second-order valence-corrected chi connectivity index (χ2v) is 6.45. The molecule has 0 aliphatic rings. The van der Waals surface area contributed by atoms with Crippen LogP contribution in [0, 0.1) is 5.92 Å². The van der Waals surface area contributed by atoms with Gasteiger partial charge in [0.1, 0.15) is 19.7 Å². The van der Waals surface area contributed by atoms with Crippen molar-refractivity contribution in [1.82, 2.24) is 0 Å². The molecule has 1 aromatic carbocycles. The molecule has 134 valence electrons. The Morgan fingerprint density at radius 3 is 2.21 bits per heavy atom. The Bertz CT molecular complexity index is 500. The summed E-state index contributed by atoms with van der Waals surface area (Å²) in [7, 11) is -1.43. The standard InChI is InChI=1S/C18H31BNO4/c1-5-15(4)18(21)24-13-12-20(6-2,7-3)14-16-8-10-17(11-9-16)19(22)23/h8-11,15,22-23H,5-7,12-14H2,1-4H3/q+1. The molecule has 0 aliphatic heterocycles. The normalized spacial score (nSPS) is 12.8. The number of hydrogen-bond donors (Lipinski definition) is 2. The van der Waals surface area contributed by atoms with Gasteiger partial charge in [-0.2, -0.15) is 0 Å². The van der Waals surface area contributed by atoms with Crippen molar-refractivity contribution >= 4 is 18.6 Å². The average molecular weight is 336 g/mol. The van der Waals surface area contributed by atoms with Crippen LogP contribution in [0.4, 0.5) is 0 Å². The molecule has 0 fully saturated rings. The third-order valence-corrected chi connectivity index (χ3v) is 4.96. The van der Waals surface area contributed by atoms with E-state index in [1.54, 1.807) is 12.1 Å². The number of esters is 1. The van der Waals surface area contributed by atoms with Gasteiger partial charge in [-0.3, -0.25) is 4.79 Å². The first-order chi connectivity index (χ1) is 11.4. The minimum Gasteiger partial charge on any atom is -0.459 e. The van der Waals surface area contributed by atoms with Gasteiger partial charge in [0, 0.05) is 5.56 Å². The highest BCUT2D eigenvalue weighted by Crippen LogP contribution is 2.14. The molecule has 0 bridgehead atoms. The molecule has 0 aliphatic carbocycles. The predicted octanol–water partition coefficient (Wildman–Crippen LogP) is 1.31. The first kappa shape index (κ1) is 20.7. The van der Waals surface area contributed by atoms with Crippen molar-refractivity contribution in [3.8, 4) is 0 Å². The molecule has 0 radical (unpaired) electrons. The lowest BCUT2D eigenvalue weighted by Crippen LogP contribution is -2.49. The van der Waals surface area contributed by atoms with Gasteiger partial charge in [-0.05, 0) is 25.7 Å². The van der Waals surface area contributed by atoms with E-state index in [2.05, 4.69) is 13.8 Å². The molecule has 1 rings (SSSR count). The molecule has 0 aromatic heterocycles. The molecule has 0 saturated heterocycles. The maximum atomic E-state index is 11.8. The minimum absolute atomic E-state index is 0.0485. The summed E-state index contributed by atoms with van der Waals surface area (Å²) in [6, 6.07) is 7.34. The highest BCUT2D eigenvalue weighted by atomic mass is 16.5. The summed E-state index contributed by atoms with van der Waals surface area (Å²) in [6.07, 6.45) is 0.795. The van der Waals surface area contributed by atoms with E-state index in [-0.39, 0.29) is 11.9 Å². The molecule has 24 heavy (non-hydrogen) atoms. The van der Waals surface area contributed by atoms with Gasteiger partial charge in [-0.25, -0.2) is 0 Å². The van der Waals surface area contributed by atoms with Crippen LogP contribution in [-0.4, -0.2) is 53.9 Å². The zero-order valence-electron chi connectivity index (χ0n) is 15.4. The van der Waals surface area contributed by atoms with E-state index in [0.29, 0.717) is 12.1 Å². The maximum Gasteiger partial charge on any atom is 0.488 e. The summed E-state index contributed by atoms with van der Waals surface area (Å²) >= 11 is 0. The molecule has 6 heteroatoms. The fraction of sp³-hybridized carbons (Fsp3) is 0.611. The summed E-state index contributed by atoms with van der Waals surface area (Å²) in [6.45, 7) is 12.1. The van der Waals surface area contributed by atoms with E-state index in [1.165, 1.54) is 0 Å². The van der Waals surface area contributed by atoms with Gasteiger partial charge in [0.15, 0.2) is 0 Å². The van der Waals surface area contributed by atoms with E-state index in [9.17, 15) is 14.8 Å². The lowest BCUT2D eigenvalue weighted by atomic mass is 9.80. The van der Waals surface area contributed by atoms with Crippen LogP contribution in [-0.2, 0) is 16.1 Å². The fourth-order valence-electron chi connectivity index (χ4n) is 2.67. The van der Waals surface area contributed by atoms with Crippen molar-refractivity contribution in [2.45, 2.75) is 40.7 Å². The third kappa shape index (κ3) is 5.93. The lowest BCUT2D eigenvalue weighted by molar-refractivity contribution is -0.937. The van der Waals surface area contributed by atoms with Crippen molar-refractivity contribution < 1.29 is 24.1 Å². The van der Waals surface area contributed by atoms with E-state index in [1.807, 2.05) is 26.0 Å². The quantitative estimate of drug-likeness (QED) is 0.384. The molecular weight excluding hydrogens is 305 g/mol. The summed E-state index contributed by atoms with van der Waals surface area (Å²) in [5, 5.41) is 18.4. The number of carbonyl (C=O) groups excluding carboxylic acids is 1.